The summed E-state index contributed by atoms with van der Waals surface area (Å²) in [5.74, 6) is 1.38. The molecular weight excluding hydrogens is 652 g/mol. The first kappa shape index (κ1) is 32.8. The summed E-state index contributed by atoms with van der Waals surface area (Å²) in [4.78, 5) is 17.2. The number of alkyl halides is 1. The Labute approximate surface area is 297 Å². The SMILES string of the molecule is CCc1c(F)ccc2cc(OCOC)cc(N3CCc4c(nc(OC[C@@]56CCCN5C[C@H](F)C6)nc4N4CCCc5c(cnn5C5CC5)C4)C3)c12. The molecule has 0 N–H and O–H groups in total. The maximum Gasteiger partial charge on any atom is 0.318 e. The molecule has 0 amide bonds. The van der Waals surface area contributed by atoms with Gasteiger partial charge in [-0.3, -0.25) is 9.58 Å². The van der Waals surface area contributed by atoms with Crippen LogP contribution in [0.25, 0.3) is 10.8 Å². The number of anilines is 2. The highest BCUT2D eigenvalue weighted by atomic mass is 19.1. The molecule has 9 rings (SSSR count). The van der Waals surface area contributed by atoms with E-state index in [1.807, 2.05) is 31.3 Å². The first-order chi connectivity index (χ1) is 24.9. The number of aromatic nitrogens is 4. The maximum absolute atomic E-state index is 15.3. The number of halogens is 2. The summed E-state index contributed by atoms with van der Waals surface area (Å²) in [6, 6.07) is 8.21. The molecule has 51 heavy (non-hydrogen) atoms. The molecule has 2 atom stereocenters. The summed E-state index contributed by atoms with van der Waals surface area (Å²) in [6.07, 6.45) is 9.39. The minimum Gasteiger partial charge on any atom is -0.467 e. The van der Waals surface area contributed by atoms with Crippen LogP contribution < -0.4 is 19.3 Å². The number of nitrogens with zero attached hydrogens (tertiary/aromatic N) is 7. The standard InChI is InChI=1S/C39H47F2N7O3/c1-3-30-32(41)10-7-25-16-29(51-24-49-2)17-35(36(25)30)45-15-11-31-33(22-45)43-38(50-23-39-12-5-14-47(39)21-27(40)18-39)44-37(31)46-13-4-6-34-26(20-46)19-42-48(34)28-8-9-28/h7,10,16-17,19,27-28H,3-6,8-9,11-15,18,20-24H2,1-2H3/t27-,39+/m1/s1. The van der Waals surface area contributed by atoms with Crippen molar-refractivity contribution in [3.63, 3.8) is 0 Å². The summed E-state index contributed by atoms with van der Waals surface area (Å²) in [5, 5.41) is 6.62. The Bertz CT molecular complexity index is 1950. The third kappa shape index (κ3) is 5.97. The minimum atomic E-state index is -0.832. The van der Waals surface area contributed by atoms with Crippen molar-refractivity contribution in [3.8, 4) is 11.8 Å². The number of hydrogen-bond donors (Lipinski definition) is 0. The lowest BCUT2D eigenvalue weighted by atomic mass is 9.95. The molecule has 0 radical (unpaired) electrons. The third-order valence-electron chi connectivity index (χ3n) is 11.8. The normalized spacial score (nSPS) is 23.3. The predicted octanol–water partition coefficient (Wildman–Crippen LogP) is 6.32. The van der Waals surface area contributed by atoms with Gasteiger partial charge in [0.1, 0.15) is 30.2 Å². The average Bonchev–Trinajstić information content (AvgIpc) is 3.76. The van der Waals surface area contributed by atoms with Crippen LogP contribution in [0.3, 0.4) is 0 Å². The zero-order valence-corrected chi connectivity index (χ0v) is 29.7. The van der Waals surface area contributed by atoms with Gasteiger partial charge in [0.25, 0.3) is 0 Å². The van der Waals surface area contributed by atoms with Crippen LogP contribution in [0.2, 0.25) is 0 Å². The first-order valence-corrected chi connectivity index (χ1v) is 18.8. The van der Waals surface area contributed by atoms with Crippen molar-refractivity contribution in [2.45, 2.75) is 95.6 Å². The highest BCUT2D eigenvalue weighted by molar-refractivity contribution is 5.98. The fourth-order valence-corrected chi connectivity index (χ4v) is 9.21. The van der Waals surface area contributed by atoms with Crippen LogP contribution in [0.15, 0.2) is 30.5 Å². The molecule has 4 aliphatic heterocycles. The van der Waals surface area contributed by atoms with E-state index in [4.69, 9.17) is 29.3 Å². The summed E-state index contributed by atoms with van der Waals surface area (Å²) >= 11 is 0. The van der Waals surface area contributed by atoms with E-state index in [0.717, 1.165) is 85.3 Å². The van der Waals surface area contributed by atoms with Crippen molar-refractivity contribution in [2.75, 3.05) is 56.5 Å². The van der Waals surface area contributed by atoms with E-state index in [1.54, 1.807) is 13.2 Å². The van der Waals surface area contributed by atoms with Crippen LogP contribution in [0.1, 0.15) is 79.6 Å². The molecule has 2 aromatic heterocycles. The number of methoxy groups -OCH3 is 1. The molecule has 1 aliphatic carbocycles. The number of aryl methyl sites for hydroxylation is 1. The molecule has 270 valence electrons. The van der Waals surface area contributed by atoms with E-state index in [0.29, 0.717) is 62.4 Å². The average molecular weight is 700 g/mol. The quantitative estimate of drug-likeness (QED) is 0.177. The molecule has 0 unspecified atom stereocenters. The molecular formula is C39H47F2N7O3. The molecule has 3 fully saturated rings. The summed E-state index contributed by atoms with van der Waals surface area (Å²) in [5.41, 5.74) is 5.95. The van der Waals surface area contributed by atoms with Gasteiger partial charge in [-0.15, -0.1) is 0 Å². The van der Waals surface area contributed by atoms with E-state index in [9.17, 15) is 4.39 Å². The number of ether oxygens (including phenoxy) is 3. The second-order valence-corrected chi connectivity index (χ2v) is 15.1. The Balaban J connectivity index is 1.09. The second kappa shape index (κ2) is 13.2. The topological polar surface area (TPSA) is 81.0 Å². The van der Waals surface area contributed by atoms with E-state index in [-0.39, 0.29) is 18.1 Å². The Morgan fingerprint density at radius 1 is 1.00 bits per heavy atom. The second-order valence-electron chi connectivity index (χ2n) is 15.1. The molecule has 4 aromatic rings. The Hall–Kier alpha value is -4.03. The highest BCUT2D eigenvalue weighted by Gasteiger charge is 2.49. The summed E-state index contributed by atoms with van der Waals surface area (Å²) < 4.78 is 49.9. The van der Waals surface area contributed by atoms with Gasteiger partial charge in [0.05, 0.1) is 30.0 Å². The maximum atomic E-state index is 15.3. The van der Waals surface area contributed by atoms with Gasteiger partial charge >= 0.3 is 6.01 Å². The largest absolute Gasteiger partial charge is 0.467 e. The van der Waals surface area contributed by atoms with Gasteiger partial charge in [-0.25, -0.2) is 8.78 Å². The van der Waals surface area contributed by atoms with Crippen molar-refractivity contribution in [2.24, 2.45) is 0 Å². The summed E-state index contributed by atoms with van der Waals surface area (Å²) in [7, 11) is 1.60. The van der Waals surface area contributed by atoms with Gasteiger partial charge in [-0.1, -0.05) is 13.0 Å². The first-order valence-electron chi connectivity index (χ1n) is 18.8. The zero-order chi connectivity index (χ0) is 34.7. The van der Waals surface area contributed by atoms with Crippen LogP contribution in [0.4, 0.5) is 20.3 Å². The lowest BCUT2D eigenvalue weighted by Crippen LogP contribution is -2.43. The van der Waals surface area contributed by atoms with E-state index in [2.05, 4.69) is 19.4 Å². The van der Waals surface area contributed by atoms with Crippen molar-refractivity contribution in [1.82, 2.24) is 24.6 Å². The van der Waals surface area contributed by atoms with Gasteiger partial charge in [0.15, 0.2) is 6.79 Å². The minimum absolute atomic E-state index is 0.117. The van der Waals surface area contributed by atoms with E-state index >= 15 is 4.39 Å². The van der Waals surface area contributed by atoms with Crippen LogP contribution in [0, 0.1) is 5.82 Å². The molecule has 2 saturated heterocycles. The van der Waals surface area contributed by atoms with Gasteiger partial charge in [0, 0.05) is 73.7 Å². The van der Waals surface area contributed by atoms with Crippen molar-refractivity contribution >= 4 is 22.3 Å². The Morgan fingerprint density at radius 3 is 2.75 bits per heavy atom. The highest BCUT2D eigenvalue weighted by Crippen LogP contribution is 2.43. The third-order valence-corrected chi connectivity index (χ3v) is 11.8. The Kier molecular flexibility index (Phi) is 8.49. The summed E-state index contributed by atoms with van der Waals surface area (Å²) in [6.45, 7) is 6.68. The molecule has 12 heteroatoms. The molecule has 6 heterocycles. The number of hydrogen-bond acceptors (Lipinski definition) is 9. The van der Waals surface area contributed by atoms with Crippen molar-refractivity contribution < 1.29 is 23.0 Å². The molecule has 0 spiro atoms. The van der Waals surface area contributed by atoms with Crippen molar-refractivity contribution in [3.05, 3.63) is 64.4 Å². The zero-order valence-electron chi connectivity index (χ0n) is 29.7. The smallest absolute Gasteiger partial charge is 0.318 e. The van der Waals surface area contributed by atoms with Gasteiger partial charge < -0.3 is 24.0 Å². The van der Waals surface area contributed by atoms with Crippen LogP contribution in [-0.4, -0.2) is 83.0 Å². The molecule has 5 aliphatic rings. The lowest BCUT2D eigenvalue weighted by molar-refractivity contribution is 0.0512. The number of fused-ring (bicyclic) bond motifs is 4. The van der Waals surface area contributed by atoms with Gasteiger partial charge in [0.2, 0.25) is 0 Å². The number of benzene rings is 2. The van der Waals surface area contributed by atoms with Gasteiger partial charge in [-0.2, -0.15) is 15.1 Å². The molecule has 10 nitrogen and oxygen atoms in total. The number of rotatable bonds is 10. The van der Waals surface area contributed by atoms with Crippen LogP contribution in [-0.2, 0) is 37.1 Å². The molecule has 1 saturated carbocycles. The molecule has 0 bridgehead atoms. The fraction of sp³-hybridized carbons (Fsp3) is 0.564. The van der Waals surface area contributed by atoms with E-state index < -0.39 is 6.17 Å². The molecule has 2 aromatic carbocycles. The van der Waals surface area contributed by atoms with E-state index in [1.165, 1.54) is 24.1 Å². The fourth-order valence-electron chi connectivity index (χ4n) is 9.21. The van der Waals surface area contributed by atoms with Gasteiger partial charge in [-0.05, 0) is 81.0 Å². The monoisotopic (exact) mass is 699 g/mol. The van der Waals surface area contributed by atoms with Crippen LogP contribution >= 0.6 is 0 Å². The van der Waals surface area contributed by atoms with Crippen molar-refractivity contribution in [1.29, 1.82) is 0 Å². The Morgan fingerprint density at radius 2 is 1.90 bits per heavy atom. The van der Waals surface area contributed by atoms with Crippen LogP contribution in [0.5, 0.6) is 11.8 Å². The predicted molar refractivity (Wildman–Crippen MR) is 191 cm³/mol. The lowest BCUT2D eigenvalue weighted by Gasteiger charge is -2.35.